The lowest BCUT2D eigenvalue weighted by molar-refractivity contribution is -0.304. The number of rotatable bonds is 8. The molecule has 0 amide bonds. The molecule has 10 nitrogen and oxygen atoms in total. The van der Waals surface area contributed by atoms with E-state index in [1.165, 1.54) is 13.2 Å². The van der Waals surface area contributed by atoms with E-state index in [4.69, 9.17) is 30.1 Å². The van der Waals surface area contributed by atoms with Gasteiger partial charge in [0.1, 0.15) is 24.9 Å². The molecule has 0 aromatic heterocycles. The van der Waals surface area contributed by atoms with E-state index in [9.17, 15) is 20.1 Å². The highest BCUT2D eigenvalue weighted by atomic mass is 16.7. The van der Waals surface area contributed by atoms with Crippen LogP contribution in [-0.2, 0) is 28.5 Å². The van der Waals surface area contributed by atoms with Gasteiger partial charge in [-0.25, -0.2) is 4.79 Å². The van der Waals surface area contributed by atoms with E-state index < -0.39 is 54.9 Å². The molecule has 1 unspecified atom stereocenters. The minimum Gasteiger partial charge on any atom is -0.459 e. The summed E-state index contributed by atoms with van der Waals surface area (Å²) in [6, 6.07) is -0.624. The number of hydrogen-bond donors (Lipinski definition) is 3. The maximum Gasteiger partial charge on any atom is 0.330 e. The lowest BCUT2D eigenvalue weighted by Gasteiger charge is -2.46. The maximum atomic E-state index is 12.7. The van der Waals surface area contributed by atoms with Gasteiger partial charge in [0.15, 0.2) is 6.29 Å². The number of hydrogen-bond acceptors (Lipinski definition) is 10. The second kappa shape index (κ2) is 17.8. The van der Waals surface area contributed by atoms with Crippen molar-refractivity contribution >= 4 is 5.97 Å². The molecule has 3 N–H and O–H groups in total. The predicted molar refractivity (Wildman–Crippen MR) is 155 cm³/mol. The molecule has 0 aromatic rings. The lowest BCUT2D eigenvalue weighted by atomic mass is 9.85. The van der Waals surface area contributed by atoms with Gasteiger partial charge in [0.05, 0.1) is 30.5 Å². The molecule has 2 aliphatic rings. The lowest BCUT2D eigenvalue weighted by Crippen LogP contribution is -2.63. The number of aliphatic hydroxyl groups excluding tert-OH is 3. The Bertz CT molecular complexity index is 914. The first-order valence-corrected chi connectivity index (χ1v) is 14.3. The molecule has 0 aromatic carbocycles. The van der Waals surface area contributed by atoms with Gasteiger partial charge < -0.3 is 43.9 Å². The van der Waals surface area contributed by atoms with E-state index in [-0.39, 0.29) is 31.2 Å². The van der Waals surface area contributed by atoms with Crippen molar-refractivity contribution in [3.05, 3.63) is 36.5 Å². The summed E-state index contributed by atoms with van der Waals surface area (Å²) in [6.45, 7) is 5.61. The number of terminal acetylenes is 1. The predicted octanol–water partition coefficient (Wildman–Crippen LogP) is 1.83. The summed E-state index contributed by atoms with van der Waals surface area (Å²) in [4.78, 5) is 14.5. The van der Waals surface area contributed by atoms with Gasteiger partial charge >= 0.3 is 5.97 Å². The van der Waals surface area contributed by atoms with Crippen molar-refractivity contribution in [1.82, 2.24) is 4.90 Å². The fourth-order valence-electron chi connectivity index (χ4n) is 5.39. The smallest absolute Gasteiger partial charge is 0.330 e. The Morgan fingerprint density at radius 2 is 1.80 bits per heavy atom. The molecule has 1 saturated heterocycles. The molecular weight excluding hydrogens is 530 g/mol. The number of allylic oxidation sites excluding steroid dienone is 3. The van der Waals surface area contributed by atoms with Gasteiger partial charge in [-0.15, -0.1) is 6.42 Å². The Balaban J connectivity index is 2.44. The number of nitrogens with zero attached hydrogens (tertiary/aromatic N) is 1. The van der Waals surface area contributed by atoms with Gasteiger partial charge in [-0.05, 0) is 58.7 Å². The zero-order valence-electron chi connectivity index (χ0n) is 25.2. The number of carbonyl (C=O) groups excluding carboxylic acids is 1. The molecule has 1 fully saturated rings. The van der Waals surface area contributed by atoms with Crippen molar-refractivity contribution in [3.63, 3.8) is 0 Å². The van der Waals surface area contributed by atoms with Crippen LogP contribution in [0.25, 0.3) is 0 Å². The average molecular weight is 580 g/mol. The van der Waals surface area contributed by atoms with Crippen LogP contribution in [-0.4, -0.2) is 116 Å². The molecule has 2 aliphatic heterocycles. The van der Waals surface area contributed by atoms with Crippen LogP contribution in [0.15, 0.2) is 36.5 Å². The Hall–Kier alpha value is -2.07. The van der Waals surface area contributed by atoms with Crippen molar-refractivity contribution in [3.8, 4) is 12.3 Å². The number of cyclic esters (lactones) is 1. The number of likely N-dealkylation sites (N-methyl/N-ethyl adjacent to an activating group) is 1. The van der Waals surface area contributed by atoms with Crippen molar-refractivity contribution in [1.29, 1.82) is 0 Å². The molecule has 2 heterocycles. The summed E-state index contributed by atoms with van der Waals surface area (Å²) >= 11 is 0. The van der Waals surface area contributed by atoms with Crippen molar-refractivity contribution in [2.45, 2.75) is 95.1 Å². The van der Waals surface area contributed by atoms with Crippen LogP contribution in [0.2, 0.25) is 0 Å². The van der Waals surface area contributed by atoms with Crippen molar-refractivity contribution < 1.29 is 43.8 Å². The van der Waals surface area contributed by atoms with Gasteiger partial charge in [0.25, 0.3) is 0 Å². The number of carbonyl (C=O) groups is 1. The van der Waals surface area contributed by atoms with E-state index in [1.54, 1.807) is 38.9 Å². The number of ether oxygens (including phenoxy) is 5. The first kappa shape index (κ1) is 35.1. The minimum absolute atomic E-state index is 0.0816. The normalized spacial score (nSPS) is 39.9. The molecule has 0 spiro atoms. The molecule has 11 atom stereocenters. The van der Waals surface area contributed by atoms with E-state index >= 15 is 0 Å². The van der Waals surface area contributed by atoms with Gasteiger partial charge in [-0.3, -0.25) is 0 Å². The van der Waals surface area contributed by atoms with E-state index in [0.717, 1.165) is 0 Å². The van der Waals surface area contributed by atoms with Crippen LogP contribution in [0, 0.1) is 24.2 Å². The molecule has 0 radical (unpaired) electrons. The SMILES string of the molecule is C#CCO[C@@H]1/C=C/C=C/[C@@H](C)CC(CCO)[C@H](O[C@@H]2O[C@H](C)[C@@H](O)[C@H](N(C)C)[C@H]2O)[C@@H](OC)/C=C/C(=O)O[C@H](C)C1. The highest BCUT2D eigenvalue weighted by molar-refractivity contribution is 5.82. The van der Waals surface area contributed by atoms with Gasteiger partial charge in [-0.1, -0.05) is 37.1 Å². The molecule has 2 rings (SSSR count). The third-order valence-corrected chi connectivity index (χ3v) is 7.49. The first-order chi connectivity index (χ1) is 19.5. The molecule has 10 heteroatoms. The van der Waals surface area contributed by atoms with Gasteiger partial charge in [-0.2, -0.15) is 0 Å². The molecule has 232 valence electrons. The molecule has 41 heavy (non-hydrogen) atoms. The second-order valence-electron chi connectivity index (χ2n) is 11.1. The summed E-state index contributed by atoms with van der Waals surface area (Å²) in [5.74, 6) is 1.74. The number of esters is 1. The van der Waals surface area contributed by atoms with E-state index in [0.29, 0.717) is 19.3 Å². The van der Waals surface area contributed by atoms with Gasteiger partial charge in [0, 0.05) is 26.2 Å². The summed E-state index contributed by atoms with van der Waals surface area (Å²) in [5.41, 5.74) is 0. The average Bonchev–Trinajstić information content (AvgIpc) is 2.91. The maximum absolute atomic E-state index is 12.7. The third kappa shape index (κ3) is 10.9. The number of methoxy groups -OCH3 is 1. The fourth-order valence-corrected chi connectivity index (χ4v) is 5.39. The summed E-state index contributed by atoms with van der Waals surface area (Å²) < 4.78 is 29.4. The Labute approximate surface area is 244 Å². The molecule has 0 saturated carbocycles. The number of aliphatic hydroxyl groups is 3. The van der Waals surface area contributed by atoms with Crippen molar-refractivity contribution in [2.24, 2.45) is 11.8 Å². The van der Waals surface area contributed by atoms with E-state index in [1.807, 2.05) is 18.2 Å². The summed E-state index contributed by atoms with van der Waals surface area (Å²) in [5, 5.41) is 31.8. The first-order valence-electron chi connectivity index (χ1n) is 14.3. The quantitative estimate of drug-likeness (QED) is 0.290. The largest absolute Gasteiger partial charge is 0.459 e. The van der Waals surface area contributed by atoms with Crippen LogP contribution in [0.5, 0.6) is 0 Å². The highest BCUT2D eigenvalue weighted by Crippen LogP contribution is 2.32. The Morgan fingerprint density at radius 1 is 1.10 bits per heavy atom. The van der Waals surface area contributed by atoms with Crippen LogP contribution < -0.4 is 0 Å². The third-order valence-electron chi connectivity index (χ3n) is 7.49. The molecular formula is C31H49NO9. The highest BCUT2D eigenvalue weighted by Gasteiger charge is 2.46. The van der Waals surface area contributed by atoms with Crippen LogP contribution in [0.4, 0.5) is 0 Å². The summed E-state index contributed by atoms with van der Waals surface area (Å²) in [6.07, 6.45) is 11.4. The van der Waals surface area contributed by atoms with Crippen molar-refractivity contribution in [2.75, 3.05) is 34.4 Å². The molecule has 0 aliphatic carbocycles. The zero-order valence-corrected chi connectivity index (χ0v) is 25.2. The Morgan fingerprint density at radius 3 is 2.44 bits per heavy atom. The standard InChI is InChI=1S/C31H49NO9/c1-8-17-38-24-12-10-9-11-20(2)18-23(15-16-33)30(25(37-7)13-14-26(34)39-21(3)19-24)41-31-29(36)27(32(5)6)28(35)22(4)40-31/h1,9-14,20-25,27-31,33,35-36H,15-19H2,2-7H3/b11-9+,12-10+,14-13+/t20-,21-,22-,23?,24-,25+,27+,28-,29-,30+,31+/m1/s1. The topological polar surface area (TPSA) is 127 Å². The van der Waals surface area contributed by atoms with E-state index in [2.05, 4.69) is 18.9 Å². The fraction of sp³-hybridized carbons (Fsp3) is 0.710. The van der Waals surface area contributed by atoms with Gasteiger partial charge in [0.2, 0.25) is 0 Å². The van der Waals surface area contributed by atoms with Crippen LogP contribution in [0.1, 0.15) is 40.0 Å². The summed E-state index contributed by atoms with van der Waals surface area (Å²) in [7, 11) is 5.04. The van der Waals surface area contributed by atoms with Crippen LogP contribution >= 0.6 is 0 Å². The minimum atomic E-state index is -1.16. The Kier molecular flexibility index (Phi) is 15.2. The monoisotopic (exact) mass is 579 g/mol. The van der Waals surface area contributed by atoms with Crippen LogP contribution in [0.3, 0.4) is 0 Å². The zero-order chi connectivity index (χ0) is 30.5. The second-order valence-corrected chi connectivity index (χ2v) is 11.1. The molecule has 0 bridgehead atoms.